The van der Waals surface area contributed by atoms with Gasteiger partial charge < -0.3 is 15.2 Å². The van der Waals surface area contributed by atoms with Crippen LogP contribution in [-0.2, 0) is 11.3 Å². The summed E-state index contributed by atoms with van der Waals surface area (Å²) in [6, 6.07) is 9.10. The molecule has 3 rings (SSSR count). The molecule has 0 spiro atoms. The highest BCUT2D eigenvalue weighted by Gasteiger charge is 2.21. The number of carbonyl (C=O) groups is 1. The van der Waals surface area contributed by atoms with Gasteiger partial charge in [0.25, 0.3) is 0 Å². The summed E-state index contributed by atoms with van der Waals surface area (Å²) in [5, 5.41) is 0.273. The molecule has 4 nitrogen and oxygen atoms in total. The summed E-state index contributed by atoms with van der Waals surface area (Å²) >= 11 is 5.99. The Morgan fingerprint density at radius 2 is 2.00 bits per heavy atom. The molecule has 1 aliphatic rings. The molecule has 6 heteroatoms. The first-order valence-corrected chi connectivity index (χ1v) is 8.58. The monoisotopic (exact) mass is 363 g/mol. The largest absolute Gasteiger partial charge is 0.487 e. The number of hydrogen-bond donors (Lipinski definition) is 1. The van der Waals surface area contributed by atoms with Crippen molar-refractivity contribution in [3.63, 3.8) is 0 Å². The second-order valence-electron chi connectivity index (χ2n) is 6.05. The Kier molecular flexibility index (Phi) is 5.43. The molecular formula is C19H19ClFNO3. The zero-order valence-electron chi connectivity index (χ0n) is 13.6. The van der Waals surface area contributed by atoms with E-state index in [2.05, 4.69) is 0 Å². The van der Waals surface area contributed by atoms with Crippen LogP contribution in [0.4, 0.5) is 10.1 Å². The number of ether oxygens (including phenoxy) is 2. The summed E-state index contributed by atoms with van der Waals surface area (Å²) in [6.07, 6.45) is 3.94. The maximum Gasteiger partial charge on any atom is 0.338 e. The quantitative estimate of drug-likeness (QED) is 0.615. The zero-order valence-corrected chi connectivity index (χ0v) is 14.4. The number of nitrogen functional groups attached to an aromatic ring is 1. The van der Waals surface area contributed by atoms with E-state index in [0.29, 0.717) is 17.0 Å². The van der Waals surface area contributed by atoms with E-state index in [4.69, 9.17) is 26.8 Å². The second kappa shape index (κ2) is 7.74. The van der Waals surface area contributed by atoms with E-state index in [1.54, 1.807) is 18.2 Å². The summed E-state index contributed by atoms with van der Waals surface area (Å²) < 4.78 is 24.9. The van der Waals surface area contributed by atoms with Crippen molar-refractivity contribution in [2.24, 2.45) is 0 Å². The third-order valence-electron chi connectivity index (χ3n) is 4.26. The van der Waals surface area contributed by atoms with Crippen LogP contribution in [0.5, 0.6) is 5.75 Å². The van der Waals surface area contributed by atoms with Crippen molar-refractivity contribution in [3.05, 3.63) is 58.4 Å². The summed E-state index contributed by atoms with van der Waals surface area (Å²) in [7, 11) is 0. The molecule has 132 valence electrons. The van der Waals surface area contributed by atoms with E-state index < -0.39 is 11.8 Å². The third kappa shape index (κ3) is 4.23. The number of rotatable bonds is 5. The predicted molar refractivity (Wildman–Crippen MR) is 94.3 cm³/mol. The maximum atomic E-state index is 13.8. The second-order valence-corrected chi connectivity index (χ2v) is 6.46. The molecule has 25 heavy (non-hydrogen) atoms. The van der Waals surface area contributed by atoms with E-state index in [9.17, 15) is 9.18 Å². The molecule has 0 bridgehead atoms. The number of halogens is 2. The van der Waals surface area contributed by atoms with Gasteiger partial charge in [-0.3, -0.25) is 0 Å². The van der Waals surface area contributed by atoms with Gasteiger partial charge in [0, 0.05) is 5.56 Å². The highest BCUT2D eigenvalue weighted by Crippen LogP contribution is 2.28. The van der Waals surface area contributed by atoms with Gasteiger partial charge in [0.1, 0.15) is 24.3 Å². The van der Waals surface area contributed by atoms with E-state index in [0.717, 1.165) is 25.7 Å². The van der Waals surface area contributed by atoms with Gasteiger partial charge in [0.05, 0.1) is 16.3 Å². The smallest absolute Gasteiger partial charge is 0.338 e. The lowest BCUT2D eigenvalue weighted by Gasteiger charge is -2.14. The normalized spacial score (nSPS) is 14.5. The van der Waals surface area contributed by atoms with Crippen LogP contribution in [0, 0.1) is 5.82 Å². The van der Waals surface area contributed by atoms with Crippen LogP contribution < -0.4 is 10.5 Å². The average molecular weight is 364 g/mol. The standard InChI is InChI=1S/C19H19ClFNO3/c20-15-6-3-7-16(21)14(15)11-24-18-10-12(8-9-17(18)22)19(23)25-13-4-1-2-5-13/h3,6-10,13H,1-2,4-5,11,22H2. The first-order valence-electron chi connectivity index (χ1n) is 8.21. The van der Waals surface area contributed by atoms with Crippen molar-refractivity contribution in [2.45, 2.75) is 38.4 Å². The minimum absolute atomic E-state index is 0.0216. The number of anilines is 1. The Hall–Kier alpha value is -2.27. The summed E-state index contributed by atoms with van der Waals surface area (Å²) in [4.78, 5) is 12.2. The van der Waals surface area contributed by atoms with Gasteiger partial charge in [-0.2, -0.15) is 0 Å². The van der Waals surface area contributed by atoms with Crippen LogP contribution in [0.3, 0.4) is 0 Å². The maximum absolute atomic E-state index is 13.8. The predicted octanol–water partition coefficient (Wildman–Crippen LogP) is 4.74. The molecule has 2 N–H and O–H groups in total. The van der Waals surface area contributed by atoms with E-state index in [-0.39, 0.29) is 23.3 Å². The molecule has 1 fully saturated rings. The average Bonchev–Trinajstić information content (AvgIpc) is 3.08. The molecule has 0 aromatic heterocycles. The third-order valence-corrected chi connectivity index (χ3v) is 4.61. The molecule has 0 amide bonds. The van der Waals surface area contributed by atoms with Crippen LogP contribution in [0.25, 0.3) is 0 Å². The van der Waals surface area contributed by atoms with Crippen molar-refractivity contribution in [2.75, 3.05) is 5.73 Å². The van der Waals surface area contributed by atoms with Gasteiger partial charge in [-0.05, 0) is 56.0 Å². The molecule has 0 aliphatic heterocycles. The number of esters is 1. The lowest BCUT2D eigenvalue weighted by atomic mass is 10.2. The van der Waals surface area contributed by atoms with Gasteiger partial charge in [0.2, 0.25) is 0 Å². The van der Waals surface area contributed by atoms with Crippen molar-refractivity contribution in [1.82, 2.24) is 0 Å². The van der Waals surface area contributed by atoms with Crippen molar-refractivity contribution >= 4 is 23.3 Å². The van der Waals surface area contributed by atoms with Crippen LogP contribution in [0.2, 0.25) is 5.02 Å². The molecule has 0 heterocycles. The summed E-state index contributed by atoms with van der Waals surface area (Å²) in [6.45, 7) is -0.0865. The molecule has 0 radical (unpaired) electrons. The lowest BCUT2D eigenvalue weighted by molar-refractivity contribution is 0.0317. The Morgan fingerprint density at radius 1 is 1.24 bits per heavy atom. The van der Waals surface area contributed by atoms with Gasteiger partial charge >= 0.3 is 5.97 Å². The lowest BCUT2D eigenvalue weighted by Crippen LogP contribution is -2.15. The van der Waals surface area contributed by atoms with Crippen molar-refractivity contribution < 1.29 is 18.7 Å². The van der Waals surface area contributed by atoms with Gasteiger partial charge in [-0.1, -0.05) is 17.7 Å². The Labute approximate surface area is 150 Å². The van der Waals surface area contributed by atoms with Crippen molar-refractivity contribution in [1.29, 1.82) is 0 Å². The van der Waals surface area contributed by atoms with E-state index in [1.807, 2.05) is 0 Å². The van der Waals surface area contributed by atoms with Crippen LogP contribution >= 0.6 is 11.6 Å². The minimum Gasteiger partial charge on any atom is -0.487 e. The molecule has 0 atom stereocenters. The Bertz CT molecular complexity index is 755. The van der Waals surface area contributed by atoms with Crippen LogP contribution in [0.1, 0.15) is 41.6 Å². The fourth-order valence-corrected chi connectivity index (χ4v) is 3.05. The molecule has 1 aliphatic carbocycles. The molecule has 2 aromatic carbocycles. The van der Waals surface area contributed by atoms with Crippen LogP contribution in [0.15, 0.2) is 36.4 Å². The number of carbonyl (C=O) groups excluding carboxylic acids is 1. The summed E-state index contributed by atoms with van der Waals surface area (Å²) in [5.74, 6) is -0.566. The molecular weight excluding hydrogens is 345 g/mol. The SMILES string of the molecule is Nc1ccc(C(=O)OC2CCCC2)cc1OCc1c(F)cccc1Cl. The fourth-order valence-electron chi connectivity index (χ4n) is 2.83. The summed E-state index contributed by atoms with van der Waals surface area (Å²) in [5.41, 5.74) is 6.84. The molecule has 2 aromatic rings. The topological polar surface area (TPSA) is 61.6 Å². The van der Waals surface area contributed by atoms with Gasteiger partial charge in [-0.25, -0.2) is 9.18 Å². The van der Waals surface area contributed by atoms with Gasteiger partial charge in [-0.15, -0.1) is 0 Å². The highest BCUT2D eigenvalue weighted by atomic mass is 35.5. The first-order chi connectivity index (χ1) is 12.0. The molecule has 1 saturated carbocycles. The van der Waals surface area contributed by atoms with Gasteiger partial charge in [0.15, 0.2) is 0 Å². The Morgan fingerprint density at radius 3 is 2.72 bits per heavy atom. The zero-order chi connectivity index (χ0) is 17.8. The van der Waals surface area contributed by atoms with E-state index in [1.165, 1.54) is 18.2 Å². The number of benzene rings is 2. The minimum atomic E-state index is -0.456. The highest BCUT2D eigenvalue weighted by molar-refractivity contribution is 6.31. The van der Waals surface area contributed by atoms with Crippen molar-refractivity contribution in [3.8, 4) is 5.75 Å². The number of hydrogen-bond acceptors (Lipinski definition) is 4. The van der Waals surface area contributed by atoms with Crippen LogP contribution in [-0.4, -0.2) is 12.1 Å². The molecule has 0 unspecified atom stereocenters. The first kappa shape index (κ1) is 17.5. The molecule has 0 saturated heterocycles. The fraction of sp³-hybridized carbons (Fsp3) is 0.316. The Balaban J connectivity index is 1.72. The number of nitrogens with two attached hydrogens (primary N) is 1. The van der Waals surface area contributed by atoms with E-state index >= 15 is 0 Å².